The van der Waals surface area contributed by atoms with Crippen LogP contribution < -0.4 is 15.4 Å². The maximum Gasteiger partial charge on any atom is 0.414 e. The van der Waals surface area contributed by atoms with Crippen LogP contribution in [-0.2, 0) is 6.42 Å². The van der Waals surface area contributed by atoms with Crippen LogP contribution >= 0.6 is 0 Å². The van der Waals surface area contributed by atoms with E-state index >= 15 is 0 Å². The van der Waals surface area contributed by atoms with Crippen molar-refractivity contribution in [3.8, 4) is 22.9 Å². The van der Waals surface area contributed by atoms with Crippen molar-refractivity contribution in [2.45, 2.75) is 50.7 Å². The van der Waals surface area contributed by atoms with E-state index in [0.29, 0.717) is 59.3 Å². The lowest BCUT2D eigenvalue weighted by Crippen LogP contribution is -2.44. The van der Waals surface area contributed by atoms with Crippen LogP contribution in [0.3, 0.4) is 0 Å². The molecule has 2 aromatic heterocycles. The largest absolute Gasteiger partial charge is 0.437 e. The number of aryl methyl sites for hydroxylation is 2. The maximum absolute atomic E-state index is 13.8. The van der Waals surface area contributed by atoms with E-state index in [9.17, 15) is 22.7 Å². The average molecular weight is 556 g/mol. The third kappa shape index (κ3) is 6.31. The molecule has 40 heavy (non-hydrogen) atoms. The molecule has 1 saturated heterocycles. The number of anilines is 1. The number of ether oxygens (including phenoxy) is 1. The molecule has 0 radical (unpaired) electrons. The number of benzene rings is 2. The summed E-state index contributed by atoms with van der Waals surface area (Å²) in [5.41, 5.74) is 2.65. The van der Waals surface area contributed by atoms with E-state index in [0.717, 1.165) is 10.9 Å². The van der Waals surface area contributed by atoms with E-state index < -0.39 is 24.9 Å². The van der Waals surface area contributed by atoms with Gasteiger partial charge in [-0.2, -0.15) is 13.2 Å². The van der Waals surface area contributed by atoms with Crippen LogP contribution in [0.1, 0.15) is 24.0 Å². The Morgan fingerprint density at radius 3 is 2.70 bits per heavy atom. The molecule has 3 heterocycles. The third-order valence-corrected chi connectivity index (χ3v) is 6.90. The van der Waals surface area contributed by atoms with Gasteiger partial charge in [-0.05, 0) is 54.5 Å². The van der Waals surface area contributed by atoms with Crippen LogP contribution in [0.4, 0.5) is 23.5 Å². The predicted octanol–water partition coefficient (Wildman–Crippen LogP) is 5.76. The van der Waals surface area contributed by atoms with E-state index in [1.807, 2.05) is 31.2 Å². The number of aliphatic hydroxyl groups is 1. The number of fused-ring (bicyclic) bond motifs is 1. The van der Waals surface area contributed by atoms with Gasteiger partial charge in [-0.1, -0.05) is 30.3 Å². The Morgan fingerprint density at radius 1 is 1.05 bits per heavy atom. The molecular weight excluding hydrogens is 526 g/mol. The van der Waals surface area contributed by atoms with Crippen LogP contribution in [-0.4, -0.2) is 57.6 Å². The molecule has 1 fully saturated rings. The molecule has 3 atom stereocenters. The second kappa shape index (κ2) is 11.7. The van der Waals surface area contributed by atoms with Crippen molar-refractivity contribution in [3.05, 3.63) is 72.1 Å². The lowest BCUT2D eigenvalue weighted by molar-refractivity contribution is -0.205. The molecule has 3 N–H and O–H groups in total. The Labute approximate surface area is 228 Å². The average Bonchev–Trinajstić information content (AvgIpc) is 2.93. The Balaban J connectivity index is 1.43. The van der Waals surface area contributed by atoms with Crippen LogP contribution in [0.2, 0.25) is 0 Å². The number of aliphatic hydroxyl groups excluding tert-OH is 1. The highest BCUT2D eigenvalue weighted by atomic mass is 19.4. The monoisotopic (exact) mass is 555 g/mol. The molecule has 0 spiro atoms. The van der Waals surface area contributed by atoms with Crippen LogP contribution in [0, 0.1) is 6.92 Å². The van der Waals surface area contributed by atoms with Crippen molar-refractivity contribution in [2.24, 2.45) is 0 Å². The van der Waals surface area contributed by atoms with E-state index in [4.69, 9.17) is 4.74 Å². The number of nitrogens with zero attached hydrogens (tertiary/aromatic N) is 3. The van der Waals surface area contributed by atoms with Crippen molar-refractivity contribution in [1.29, 1.82) is 0 Å². The first kappa shape index (κ1) is 27.7. The Kier molecular flexibility index (Phi) is 8.13. The summed E-state index contributed by atoms with van der Waals surface area (Å²) in [7, 11) is 0. The van der Waals surface area contributed by atoms with Crippen LogP contribution in [0.15, 0.2) is 60.9 Å². The molecule has 2 aromatic carbocycles. The highest BCUT2D eigenvalue weighted by Gasteiger charge is 2.37. The molecule has 0 amide bonds. The van der Waals surface area contributed by atoms with E-state index in [-0.39, 0.29) is 12.5 Å². The summed E-state index contributed by atoms with van der Waals surface area (Å²) in [6.45, 7) is 2.81. The Hall–Kier alpha value is -3.83. The molecule has 210 valence electrons. The molecule has 5 rings (SSSR count). The summed E-state index contributed by atoms with van der Waals surface area (Å²) in [4.78, 5) is 13.3. The van der Waals surface area contributed by atoms with Gasteiger partial charge in [-0.25, -0.2) is 19.3 Å². The van der Waals surface area contributed by atoms with E-state index in [2.05, 4.69) is 25.6 Å². The number of rotatable bonds is 8. The lowest BCUT2D eigenvalue weighted by Gasteiger charge is -2.26. The quantitative estimate of drug-likeness (QED) is 0.238. The fourth-order valence-corrected chi connectivity index (χ4v) is 4.84. The highest BCUT2D eigenvalue weighted by molar-refractivity contribution is 5.92. The first-order valence-electron chi connectivity index (χ1n) is 13.0. The van der Waals surface area contributed by atoms with Gasteiger partial charge in [0.1, 0.15) is 18.0 Å². The molecule has 0 saturated carbocycles. The summed E-state index contributed by atoms with van der Waals surface area (Å²) in [5, 5.41) is 17.2. The SMILES string of the molecule is Cc1ccc2c(CC[C@H](O)C(F)(F)F)cccc2c1Oc1ncccc1-c1ccnc(N[C@@H]2CNC[C@@H](F)C2)n1. The zero-order valence-electron chi connectivity index (χ0n) is 21.8. The van der Waals surface area contributed by atoms with Crippen molar-refractivity contribution >= 4 is 16.7 Å². The van der Waals surface area contributed by atoms with Crippen molar-refractivity contribution in [2.75, 3.05) is 18.4 Å². The van der Waals surface area contributed by atoms with E-state index in [1.165, 1.54) is 0 Å². The molecule has 0 bridgehead atoms. The number of aromatic nitrogens is 3. The third-order valence-electron chi connectivity index (χ3n) is 6.90. The molecular formula is C29H29F4N5O2. The molecule has 7 nitrogen and oxygen atoms in total. The maximum atomic E-state index is 13.8. The minimum Gasteiger partial charge on any atom is -0.437 e. The van der Waals surface area contributed by atoms with Gasteiger partial charge in [-0.3, -0.25) is 0 Å². The first-order chi connectivity index (χ1) is 19.2. The van der Waals surface area contributed by atoms with Crippen LogP contribution in [0.5, 0.6) is 11.6 Å². The molecule has 4 aromatic rings. The second-order valence-corrected chi connectivity index (χ2v) is 9.88. The van der Waals surface area contributed by atoms with Gasteiger partial charge < -0.3 is 20.5 Å². The normalized spacial score (nSPS) is 18.4. The molecule has 1 aliphatic heterocycles. The second-order valence-electron chi connectivity index (χ2n) is 9.88. The molecule has 1 aliphatic rings. The smallest absolute Gasteiger partial charge is 0.414 e. The summed E-state index contributed by atoms with van der Waals surface area (Å²) < 4.78 is 58.7. The molecule has 0 aliphatic carbocycles. The number of piperidine rings is 1. The van der Waals surface area contributed by atoms with Gasteiger partial charge in [0.15, 0.2) is 0 Å². The summed E-state index contributed by atoms with van der Waals surface area (Å²) in [5.74, 6) is 1.18. The summed E-state index contributed by atoms with van der Waals surface area (Å²) in [6.07, 6.45) is -4.82. The van der Waals surface area contributed by atoms with Gasteiger partial charge in [0.25, 0.3) is 0 Å². The van der Waals surface area contributed by atoms with Crippen molar-refractivity contribution in [1.82, 2.24) is 20.3 Å². The Bertz CT molecular complexity index is 1480. The highest BCUT2D eigenvalue weighted by Crippen LogP contribution is 2.38. The van der Waals surface area contributed by atoms with Crippen molar-refractivity contribution < 1.29 is 27.4 Å². The molecule has 11 heteroatoms. The van der Waals surface area contributed by atoms with Gasteiger partial charge in [-0.15, -0.1) is 0 Å². The van der Waals surface area contributed by atoms with Crippen molar-refractivity contribution in [3.63, 3.8) is 0 Å². The minimum absolute atomic E-state index is 0.0474. The summed E-state index contributed by atoms with van der Waals surface area (Å²) in [6, 6.07) is 14.2. The Morgan fingerprint density at radius 2 is 1.90 bits per heavy atom. The van der Waals surface area contributed by atoms with Gasteiger partial charge in [0.2, 0.25) is 11.8 Å². The number of nitrogens with one attached hydrogen (secondary N) is 2. The number of pyridine rings is 1. The predicted molar refractivity (Wildman–Crippen MR) is 144 cm³/mol. The standard InChI is InChI=1S/C29H29F4N5O2/c1-17-7-9-21-18(8-10-25(39)29(31,32)33)4-2-5-22(21)26(17)40-27-23(6-3-12-35-27)24-11-13-36-28(38-24)37-20-14-19(30)15-34-16-20/h2-7,9,11-13,19-20,25,34,39H,8,10,14-16H2,1H3,(H,36,37,38)/t19-,20-,25-/m0/s1. The zero-order chi connectivity index (χ0) is 28.3. The first-order valence-corrected chi connectivity index (χ1v) is 13.0. The van der Waals surface area contributed by atoms with Gasteiger partial charge in [0.05, 0.1) is 11.3 Å². The number of hydrogen-bond acceptors (Lipinski definition) is 7. The van der Waals surface area contributed by atoms with Crippen LogP contribution in [0.25, 0.3) is 22.0 Å². The fraction of sp³-hybridized carbons (Fsp3) is 0.345. The summed E-state index contributed by atoms with van der Waals surface area (Å²) >= 11 is 0. The number of halogens is 4. The minimum atomic E-state index is -4.66. The lowest BCUT2D eigenvalue weighted by atomic mass is 9.97. The van der Waals surface area contributed by atoms with Gasteiger partial charge >= 0.3 is 6.18 Å². The molecule has 0 unspecified atom stereocenters. The number of alkyl halides is 4. The van der Waals surface area contributed by atoms with Gasteiger partial charge in [0, 0.05) is 43.3 Å². The number of hydrogen-bond donors (Lipinski definition) is 3. The fourth-order valence-electron chi connectivity index (χ4n) is 4.84. The zero-order valence-corrected chi connectivity index (χ0v) is 21.8. The van der Waals surface area contributed by atoms with E-state index in [1.54, 1.807) is 36.7 Å². The topological polar surface area (TPSA) is 92.2 Å².